The number of carboxylic acids is 1. The minimum atomic E-state index is -0.915. The lowest BCUT2D eigenvalue weighted by molar-refractivity contribution is -0.141. The molecule has 1 fully saturated rings. The van der Waals surface area contributed by atoms with Crippen molar-refractivity contribution in [2.45, 2.75) is 25.3 Å². The summed E-state index contributed by atoms with van der Waals surface area (Å²) in [7, 11) is 1.14. The Morgan fingerprint density at radius 3 is 2.52 bits per heavy atom. The third-order valence-electron chi connectivity index (χ3n) is 3.61. The molecule has 0 radical (unpaired) electrons. The van der Waals surface area contributed by atoms with Crippen molar-refractivity contribution in [2.24, 2.45) is 5.92 Å². The second-order valence-electron chi connectivity index (χ2n) is 4.96. The summed E-state index contributed by atoms with van der Waals surface area (Å²) < 4.78 is 32.0. The highest BCUT2D eigenvalue weighted by Crippen LogP contribution is 2.28. The fourth-order valence-corrected chi connectivity index (χ4v) is 2.54. The van der Waals surface area contributed by atoms with Gasteiger partial charge >= 0.3 is 5.97 Å². The van der Waals surface area contributed by atoms with Crippen molar-refractivity contribution in [1.82, 2.24) is 5.32 Å². The van der Waals surface area contributed by atoms with E-state index in [9.17, 15) is 18.4 Å². The minimum absolute atomic E-state index is 0.278. The number of rotatable bonds is 4. The number of ether oxygens (including phenoxy) is 1. The maximum absolute atomic E-state index is 13.7. The van der Waals surface area contributed by atoms with E-state index < -0.39 is 40.7 Å². The summed E-state index contributed by atoms with van der Waals surface area (Å²) in [5, 5.41) is 11.4. The number of carboxylic acid groups (broad SMARTS) is 1. The number of aliphatic carboxylic acids is 1. The van der Waals surface area contributed by atoms with Crippen molar-refractivity contribution < 1.29 is 28.2 Å². The smallest absolute Gasteiger partial charge is 0.306 e. The van der Waals surface area contributed by atoms with Crippen LogP contribution in [-0.4, -0.2) is 30.1 Å². The predicted octanol–water partition coefficient (Wildman–Crippen LogP) is 1.96. The lowest BCUT2D eigenvalue weighted by atomic mass is 10.1. The molecule has 0 unspecified atom stereocenters. The molecule has 1 saturated carbocycles. The van der Waals surface area contributed by atoms with E-state index in [1.165, 1.54) is 0 Å². The fraction of sp³-hybridized carbons (Fsp3) is 0.429. The van der Waals surface area contributed by atoms with E-state index in [1.807, 2.05) is 0 Å². The molecule has 1 aliphatic carbocycles. The second kappa shape index (κ2) is 6.07. The highest BCUT2D eigenvalue weighted by Gasteiger charge is 2.32. The number of carbonyl (C=O) groups is 2. The molecule has 5 nitrogen and oxygen atoms in total. The molecule has 7 heteroatoms. The number of carbonyl (C=O) groups excluding carboxylic acids is 1. The molecule has 2 atom stereocenters. The summed E-state index contributed by atoms with van der Waals surface area (Å²) >= 11 is 0. The molecular weight excluding hydrogens is 284 g/mol. The van der Waals surface area contributed by atoms with Crippen molar-refractivity contribution in [1.29, 1.82) is 0 Å². The van der Waals surface area contributed by atoms with Gasteiger partial charge in [0.05, 0.1) is 13.0 Å². The molecule has 114 valence electrons. The van der Waals surface area contributed by atoms with E-state index in [4.69, 9.17) is 9.84 Å². The number of hydrogen-bond donors (Lipinski definition) is 2. The van der Waals surface area contributed by atoms with Gasteiger partial charge in [-0.15, -0.1) is 0 Å². The minimum Gasteiger partial charge on any atom is -0.493 e. The van der Waals surface area contributed by atoms with E-state index in [1.54, 1.807) is 0 Å². The third-order valence-corrected chi connectivity index (χ3v) is 3.61. The van der Waals surface area contributed by atoms with Crippen LogP contribution in [0.5, 0.6) is 5.75 Å². The Balaban J connectivity index is 2.15. The van der Waals surface area contributed by atoms with Gasteiger partial charge in [-0.2, -0.15) is 0 Å². The molecule has 1 aromatic rings. The second-order valence-corrected chi connectivity index (χ2v) is 4.96. The summed E-state index contributed by atoms with van der Waals surface area (Å²) in [5.41, 5.74) is -0.503. The average molecular weight is 299 g/mol. The molecule has 0 heterocycles. The lowest BCUT2D eigenvalue weighted by Gasteiger charge is -2.15. The average Bonchev–Trinajstić information content (AvgIpc) is 2.89. The summed E-state index contributed by atoms with van der Waals surface area (Å²) in [6, 6.07) is 1.36. The number of benzene rings is 1. The van der Waals surface area contributed by atoms with E-state index >= 15 is 0 Å². The Bertz CT molecular complexity index is 576. The van der Waals surface area contributed by atoms with Crippen LogP contribution in [0, 0.1) is 17.6 Å². The highest BCUT2D eigenvalue weighted by molar-refractivity contribution is 5.97. The van der Waals surface area contributed by atoms with Crippen LogP contribution in [0.15, 0.2) is 12.1 Å². The van der Waals surface area contributed by atoms with E-state index in [0.717, 1.165) is 19.2 Å². The van der Waals surface area contributed by atoms with Gasteiger partial charge in [-0.1, -0.05) is 0 Å². The van der Waals surface area contributed by atoms with E-state index in [0.29, 0.717) is 12.8 Å². The van der Waals surface area contributed by atoms with Crippen molar-refractivity contribution in [3.63, 3.8) is 0 Å². The van der Waals surface area contributed by atoms with Crippen LogP contribution in [0.1, 0.15) is 29.6 Å². The van der Waals surface area contributed by atoms with Crippen molar-refractivity contribution in [2.75, 3.05) is 7.11 Å². The Kier molecular flexibility index (Phi) is 4.40. The Hall–Kier alpha value is -2.18. The first-order valence-electron chi connectivity index (χ1n) is 6.49. The van der Waals surface area contributed by atoms with Gasteiger partial charge in [0.25, 0.3) is 5.91 Å². The molecule has 21 heavy (non-hydrogen) atoms. The monoisotopic (exact) mass is 299 g/mol. The van der Waals surface area contributed by atoms with Crippen LogP contribution >= 0.6 is 0 Å². The molecule has 1 aromatic carbocycles. The van der Waals surface area contributed by atoms with Gasteiger partial charge in [0.1, 0.15) is 11.4 Å². The molecule has 0 saturated heterocycles. The van der Waals surface area contributed by atoms with Crippen LogP contribution < -0.4 is 10.1 Å². The first-order chi connectivity index (χ1) is 9.93. The third kappa shape index (κ3) is 3.12. The summed E-state index contributed by atoms with van der Waals surface area (Å²) in [6.07, 6.45) is 1.21. The number of amides is 1. The largest absolute Gasteiger partial charge is 0.493 e. The summed E-state index contributed by atoms with van der Waals surface area (Å²) in [5.74, 6) is -4.42. The topological polar surface area (TPSA) is 75.6 Å². The highest BCUT2D eigenvalue weighted by atomic mass is 19.1. The molecule has 2 N–H and O–H groups in total. The number of halogens is 2. The molecular formula is C14H15F2NO4. The first kappa shape index (κ1) is 15.2. The van der Waals surface area contributed by atoms with Gasteiger partial charge in [-0.25, -0.2) is 8.78 Å². The normalized spacial score (nSPS) is 21.1. The summed E-state index contributed by atoms with van der Waals surface area (Å²) in [4.78, 5) is 22.9. The molecule has 1 aliphatic rings. The Labute approximate surface area is 119 Å². The van der Waals surface area contributed by atoms with Crippen LogP contribution in [0.3, 0.4) is 0 Å². The number of methoxy groups -OCH3 is 1. The SMILES string of the molecule is COc1c(F)ccc(F)c1C(=O)N[C@H]1CC[C@@H](C(=O)O)C1. The zero-order valence-corrected chi connectivity index (χ0v) is 11.4. The van der Waals surface area contributed by atoms with Gasteiger partial charge in [0, 0.05) is 6.04 Å². The lowest BCUT2D eigenvalue weighted by Crippen LogP contribution is -2.34. The van der Waals surface area contributed by atoms with Crippen molar-refractivity contribution >= 4 is 11.9 Å². The number of nitrogens with one attached hydrogen (secondary N) is 1. The van der Waals surface area contributed by atoms with E-state index in [-0.39, 0.29) is 12.5 Å². The van der Waals surface area contributed by atoms with Crippen molar-refractivity contribution in [3.05, 3.63) is 29.3 Å². The molecule has 2 rings (SSSR count). The summed E-state index contributed by atoms with van der Waals surface area (Å²) in [6.45, 7) is 0. The molecule has 0 bridgehead atoms. The molecule has 0 aliphatic heterocycles. The quantitative estimate of drug-likeness (QED) is 0.891. The standard InChI is InChI=1S/C14H15F2NO4/c1-21-12-10(16)5-4-9(15)11(12)13(18)17-8-3-2-7(6-8)14(19)20/h4-5,7-8H,2-3,6H2,1H3,(H,17,18)(H,19,20)/t7-,8+/m1/s1. The molecule has 0 aromatic heterocycles. The van der Waals surface area contributed by atoms with Gasteiger partial charge in [0.2, 0.25) is 0 Å². The maximum atomic E-state index is 13.7. The van der Waals surface area contributed by atoms with Crippen LogP contribution in [-0.2, 0) is 4.79 Å². The zero-order valence-electron chi connectivity index (χ0n) is 11.4. The Morgan fingerprint density at radius 1 is 1.29 bits per heavy atom. The predicted molar refractivity (Wildman–Crippen MR) is 69.1 cm³/mol. The van der Waals surface area contributed by atoms with Gasteiger partial charge in [-0.05, 0) is 31.4 Å². The maximum Gasteiger partial charge on any atom is 0.306 e. The van der Waals surface area contributed by atoms with Gasteiger partial charge in [0.15, 0.2) is 11.6 Å². The van der Waals surface area contributed by atoms with Gasteiger partial charge < -0.3 is 15.2 Å². The van der Waals surface area contributed by atoms with E-state index in [2.05, 4.69) is 5.32 Å². The van der Waals surface area contributed by atoms with Crippen LogP contribution in [0.2, 0.25) is 0 Å². The Morgan fingerprint density at radius 2 is 1.95 bits per heavy atom. The first-order valence-corrected chi connectivity index (χ1v) is 6.49. The van der Waals surface area contributed by atoms with Gasteiger partial charge in [-0.3, -0.25) is 9.59 Å². The molecule has 1 amide bonds. The zero-order chi connectivity index (χ0) is 15.6. The van der Waals surface area contributed by atoms with Crippen LogP contribution in [0.25, 0.3) is 0 Å². The fourth-order valence-electron chi connectivity index (χ4n) is 2.54. The molecule has 0 spiro atoms. The number of hydrogen-bond acceptors (Lipinski definition) is 3. The van der Waals surface area contributed by atoms with Crippen molar-refractivity contribution in [3.8, 4) is 5.75 Å². The van der Waals surface area contributed by atoms with Crippen LogP contribution in [0.4, 0.5) is 8.78 Å².